The first-order chi connectivity index (χ1) is 9.76. The van der Waals surface area contributed by atoms with Gasteiger partial charge < -0.3 is 14.8 Å². The van der Waals surface area contributed by atoms with Crippen LogP contribution in [0.15, 0.2) is 12.4 Å². The first-order valence-electron chi connectivity index (χ1n) is 6.66. The lowest BCUT2D eigenvalue weighted by Crippen LogP contribution is -2.35. The lowest BCUT2D eigenvalue weighted by Gasteiger charge is -2.27. The highest BCUT2D eigenvalue weighted by molar-refractivity contribution is 6.28. The van der Waals surface area contributed by atoms with Crippen molar-refractivity contribution in [1.29, 1.82) is 0 Å². The Morgan fingerprint density at radius 3 is 3.05 bits per heavy atom. The van der Waals surface area contributed by atoms with Crippen molar-refractivity contribution in [2.75, 3.05) is 23.3 Å². The summed E-state index contributed by atoms with van der Waals surface area (Å²) in [6, 6.07) is 0. The number of aromatic nitrogens is 5. The van der Waals surface area contributed by atoms with Crippen molar-refractivity contribution < 1.29 is 0 Å². The second-order valence-electron chi connectivity index (χ2n) is 4.61. The molecule has 2 aromatic heterocycles. The van der Waals surface area contributed by atoms with Gasteiger partial charge in [0, 0.05) is 32.0 Å². The van der Waals surface area contributed by atoms with Crippen LogP contribution in [0.4, 0.5) is 11.9 Å². The van der Waals surface area contributed by atoms with E-state index in [1.54, 1.807) is 0 Å². The fourth-order valence-corrected chi connectivity index (χ4v) is 2.30. The molecule has 0 spiro atoms. The number of fused-ring (bicyclic) bond motifs is 1. The molecule has 1 aliphatic rings. The molecule has 3 heterocycles. The first-order valence-corrected chi connectivity index (χ1v) is 7.04. The van der Waals surface area contributed by atoms with E-state index in [-0.39, 0.29) is 5.28 Å². The molecular formula is C12H16ClN7. The molecule has 0 unspecified atom stereocenters. The van der Waals surface area contributed by atoms with Crippen molar-refractivity contribution in [3.63, 3.8) is 0 Å². The monoisotopic (exact) mass is 293 g/mol. The number of hydrogen-bond donors (Lipinski definition) is 1. The minimum absolute atomic E-state index is 0.211. The Kier molecular flexibility index (Phi) is 3.68. The van der Waals surface area contributed by atoms with Crippen LogP contribution in [0.25, 0.3) is 0 Å². The van der Waals surface area contributed by atoms with Gasteiger partial charge in [-0.3, -0.25) is 0 Å². The Hall–Kier alpha value is -1.89. The van der Waals surface area contributed by atoms with Crippen LogP contribution in [0.3, 0.4) is 0 Å². The van der Waals surface area contributed by atoms with Gasteiger partial charge in [-0.25, -0.2) is 4.98 Å². The van der Waals surface area contributed by atoms with E-state index in [0.29, 0.717) is 18.4 Å². The zero-order valence-corrected chi connectivity index (χ0v) is 12.0. The van der Waals surface area contributed by atoms with Gasteiger partial charge in [0.1, 0.15) is 5.82 Å². The zero-order valence-electron chi connectivity index (χ0n) is 11.3. The number of rotatable bonds is 4. The molecule has 2 aromatic rings. The van der Waals surface area contributed by atoms with Gasteiger partial charge in [0.2, 0.25) is 17.2 Å². The summed E-state index contributed by atoms with van der Waals surface area (Å²) in [6.07, 6.45) is 4.80. The molecule has 1 aliphatic heterocycles. The summed E-state index contributed by atoms with van der Waals surface area (Å²) >= 11 is 5.98. The van der Waals surface area contributed by atoms with Crippen molar-refractivity contribution in [3.05, 3.63) is 23.5 Å². The van der Waals surface area contributed by atoms with Crippen molar-refractivity contribution in [3.8, 4) is 0 Å². The summed E-state index contributed by atoms with van der Waals surface area (Å²) in [7, 11) is 0. The minimum Gasteiger partial charge on any atom is -0.354 e. The number of anilines is 2. The lowest BCUT2D eigenvalue weighted by molar-refractivity contribution is 0.551. The molecule has 0 aromatic carbocycles. The Morgan fingerprint density at radius 1 is 1.30 bits per heavy atom. The summed E-state index contributed by atoms with van der Waals surface area (Å²) in [4.78, 5) is 19.1. The smallest absolute Gasteiger partial charge is 0.231 e. The molecule has 8 heteroatoms. The van der Waals surface area contributed by atoms with E-state index in [2.05, 4.69) is 41.6 Å². The van der Waals surface area contributed by atoms with Crippen molar-refractivity contribution >= 4 is 23.5 Å². The number of halogens is 1. The highest BCUT2D eigenvalue weighted by atomic mass is 35.5. The quantitative estimate of drug-likeness (QED) is 0.922. The third-order valence-corrected chi connectivity index (χ3v) is 3.33. The second-order valence-corrected chi connectivity index (χ2v) is 4.95. The SMILES string of the molecule is CCCNc1nc(Cl)nc(N2CCn3ccnc3C2)n1. The molecule has 0 bridgehead atoms. The maximum Gasteiger partial charge on any atom is 0.231 e. The van der Waals surface area contributed by atoms with Crippen LogP contribution in [0.1, 0.15) is 19.2 Å². The molecule has 0 saturated heterocycles. The molecule has 0 radical (unpaired) electrons. The molecule has 0 amide bonds. The van der Waals surface area contributed by atoms with Gasteiger partial charge >= 0.3 is 0 Å². The molecule has 7 nitrogen and oxygen atoms in total. The average molecular weight is 294 g/mol. The Bertz CT molecular complexity index is 597. The van der Waals surface area contributed by atoms with Crippen molar-refractivity contribution in [2.45, 2.75) is 26.4 Å². The van der Waals surface area contributed by atoms with E-state index in [0.717, 1.165) is 31.9 Å². The number of imidazole rings is 1. The molecule has 20 heavy (non-hydrogen) atoms. The Labute approximate surface area is 122 Å². The van der Waals surface area contributed by atoms with Gasteiger partial charge in [-0.15, -0.1) is 0 Å². The van der Waals surface area contributed by atoms with Gasteiger partial charge in [0.05, 0.1) is 6.54 Å². The summed E-state index contributed by atoms with van der Waals surface area (Å²) in [5.74, 6) is 2.13. The molecule has 0 saturated carbocycles. The zero-order chi connectivity index (χ0) is 13.9. The summed E-state index contributed by atoms with van der Waals surface area (Å²) < 4.78 is 2.13. The molecule has 3 rings (SSSR count). The van der Waals surface area contributed by atoms with Crippen LogP contribution in [0.5, 0.6) is 0 Å². The Balaban J connectivity index is 1.82. The highest BCUT2D eigenvalue weighted by Crippen LogP contribution is 2.19. The lowest BCUT2D eigenvalue weighted by atomic mass is 10.4. The molecule has 1 N–H and O–H groups in total. The second kappa shape index (κ2) is 5.62. The Morgan fingerprint density at radius 2 is 2.20 bits per heavy atom. The van der Waals surface area contributed by atoms with Gasteiger partial charge in [-0.05, 0) is 18.0 Å². The van der Waals surface area contributed by atoms with Crippen LogP contribution < -0.4 is 10.2 Å². The fourth-order valence-electron chi connectivity index (χ4n) is 2.14. The topological polar surface area (TPSA) is 71.8 Å². The molecule has 0 aliphatic carbocycles. The molecule has 106 valence electrons. The van der Waals surface area contributed by atoms with Gasteiger partial charge in [0.25, 0.3) is 0 Å². The van der Waals surface area contributed by atoms with Crippen LogP contribution in [-0.4, -0.2) is 37.6 Å². The summed E-state index contributed by atoms with van der Waals surface area (Å²) in [6.45, 7) is 5.28. The maximum absolute atomic E-state index is 5.98. The fraction of sp³-hybridized carbons (Fsp3) is 0.500. The number of nitrogens with zero attached hydrogens (tertiary/aromatic N) is 6. The van der Waals surface area contributed by atoms with E-state index < -0.39 is 0 Å². The third-order valence-electron chi connectivity index (χ3n) is 3.16. The largest absolute Gasteiger partial charge is 0.354 e. The van der Waals surface area contributed by atoms with Gasteiger partial charge in [-0.2, -0.15) is 15.0 Å². The van der Waals surface area contributed by atoms with Crippen LogP contribution in [-0.2, 0) is 13.1 Å². The highest BCUT2D eigenvalue weighted by Gasteiger charge is 2.20. The van der Waals surface area contributed by atoms with Gasteiger partial charge in [-0.1, -0.05) is 6.92 Å². The van der Waals surface area contributed by atoms with E-state index in [1.807, 2.05) is 12.4 Å². The van der Waals surface area contributed by atoms with Crippen molar-refractivity contribution in [1.82, 2.24) is 24.5 Å². The normalized spacial score (nSPS) is 14.2. The van der Waals surface area contributed by atoms with Crippen LogP contribution in [0.2, 0.25) is 5.28 Å². The summed E-state index contributed by atoms with van der Waals surface area (Å²) in [5.41, 5.74) is 0. The minimum atomic E-state index is 0.211. The number of nitrogens with one attached hydrogen (secondary N) is 1. The predicted octanol–water partition coefficient (Wildman–Crippen LogP) is 1.56. The predicted molar refractivity (Wildman–Crippen MR) is 76.9 cm³/mol. The number of hydrogen-bond acceptors (Lipinski definition) is 6. The molecule has 0 atom stereocenters. The summed E-state index contributed by atoms with van der Waals surface area (Å²) in [5, 5.41) is 3.35. The van der Waals surface area contributed by atoms with E-state index in [1.165, 1.54) is 0 Å². The van der Waals surface area contributed by atoms with Crippen LogP contribution in [0, 0.1) is 0 Å². The van der Waals surface area contributed by atoms with Crippen molar-refractivity contribution in [2.24, 2.45) is 0 Å². The van der Waals surface area contributed by atoms with Crippen LogP contribution >= 0.6 is 11.6 Å². The maximum atomic E-state index is 5.98. The van der Waals surface area contributed by atoms with E-state index >= 15 is 0 Å². The first kappa shape index (κ1) is 13.1. The molecular weight excluding hydrogens is 278 g/mol. The standard InChI is InChI=1S/C12H16ClN7/c1-2-3-15-11-16-10(13)17-12(18-11)20-7-6-19-5-4-14-9(19)8-20/h4-5H,2-3,6-8H2,1H3,(H,15,16,17,18). The van der Waals surface area contributed by atoms with E-state index in [4.69, 9.17) is 11.6 Å². The third kappa shape index (κ3) is 2.67. The van der Waals surface area contributed by atoms with E-state index in [9.17, 15) is 0 Å². The molecule has 0 fully saturated rings. The average Bonchev–Trinajstić information content (AvgIpc) is 2.92. The van der Waals surface area contributed by atoms with Gasteiger partial charge in [0.15, 0.2) is 0 Å².